The zero-order valence-corrected chi connectivity index (χ0v) is 17.3. The van der Waals surface area contributed by atoms with E-state index in [1.165, 1.54) is 62.5 Å². The third-order valence-corrected chi connectivity index (χ3v) is 5.42. The first-order valence-electron chi connectivity index (χ1n) is 10.4. The van der Waals surface area contributed by atoms with Crippen molar-refractivity contribution in [2.45, 2.75) is 100 Å². The fourth-order valence-electron chi connectivity index (χ4n) is 3.40. The SMILES string of the molecule is C.CC(C)CCC1CCC(C)CC1.Cc1ccc(CCC(C)C)cc1. The first-order chi connectivity index (χ1) is 11.4. The fraction of sp³-hybridized carbons (Fsp3) is 0.760. The molecule has 2 rings (SSSR count). The molecule has 1 fully saturated rings. The van der Waals surface area contributed by atoms with Crippen LogP contribution in [0.3, 0.4) is 0 Å². The molecule has 0 nitrogen and oxygen atoms in total. The summed E-state index contributed by atoms with van der Waals surface area (Å²) in [6.45, 7) is 13.8. The van der Waals surface area contributed by atoms with E-state index in [9.17, 15) is 0 Å². The summed E-state index contributed by atoms with van der Waals surface area (Å²) in [4.78, 5) is 0. The molecule has 0 N–H and O–H groups in total. The van der Waals surface area contributed by atoms with Crippen LogP contribution in [0.4, 0.5) is 0 Å². The Morgan fingerprint density at radius 3 is 1.84 bits per heavy atom. The largest absolute Gasteiger partial charge is 0.0776 e. The van der Waals surface area contributed by atoms with Gasteiger partial charge in [-0.15, -0.1) is 0 Å². The highest BCUT2D eigenvalue weighted by atomic mass is 14.2. The topological polar surface area (TPSA) is 0 Å². The van der Waals surface area contributed by atoms with Crippen LogP contribution in [0, 0.1) is 30.6 Å². The maximum Gasteiger partial charge on any atom is -0.0276 e. The summed E-state index contributed by atoms with van der Waals surface area (Å²) in [6.07, 6.45) is 11.4. The normalized spacial score (nSPS) is 20.0. The van der Waals surface area contributed by atoms with Crippen LogP contribution in [0.25, 0.3) is 0 Å². The molecule has 1 aliphatic rings. The summed E-state index contributed by atoms with van der Waals surface area (Å²) in [5.74, 6) is 3.81. The quantitative estimate of drug-likeness (QED) is 0.484. The smallest absolute Gasteiger partial charge is 0.0276 e. The fourth-order valence-corrected chi connectivity index (χ4v) is 3.40. The van der Waals surface area contributed by atoms with Crippen molar-refractivity contribution in [3.8, 4) is 0 Å². The van der Waals surface area contributed by atoms with Gasteiger partial charge in [0.05, 0.1) is 0 Å². The Hall–Kier alpha value is -0.780. The van der Waals surface area contributed by atoms with Gasteiger partial charge in [-0.05, 0) is 49.0 Å². The molecule has 0 atom stereocenters. The summed E-state index contributed by atoms with van der Waals surface area (Å²) < 4.78 is 0. The lowest BCUT2D eigenvalue weighted by molar-refractivity contribution is 0.265. The van der Waals surface area contributed by atoms with Crippen LogP contribution >= 0.6 is 0 Å². The summed E-state index contributed by atoms with van der Waals surface area (Å²) in [6, 6.07) is 8.85. The van der Waals surface area contributed by atoms with Crippen LogP contribution in [0.2, 0.25) is 0 Å². The molecule has 1 aromatic rings. The highest BCUT2D eigenvalue weighted by Gasteiger charge is 2.17. The van der Waals surface area contributed by atoms with E-state index >= 15 is 0 Å². The van der Waals surface area contributed by atoms with Crippen molar-refractivity contribution in [3.05, 3.63) is 35.4 Å². The van der Waals surface area contributed by atoms with E-state index in [-0.39, 0.29) is 7.43 Å². The van der Waals surface area contributed by atoms with Gasteiger partial charge in [-0.3, -0.25) is 0 Å². The predicted octanol–water partition coefficient (Wildman–Crippen LogP) is 8.47. The molecule has 0 radical (unpaired) electrons. The zero-order valence-electron chi connectivity index (χ0n) is 17.3. The van der Waals surface area contributed by atoms with Gasteiger partial charge in [-0.2, -0.15) is 0 Å². The lowest BCUT2D eigenvalue weighted by atomic mass is 9.80. The van der Waals surface area contributed by atoms with E-state index in [1.54, 1.807) is 0 Å². The van der Waals surface area contributed by atoms with Crippen LogP contribution in [0.15, 0.2) is 24.3 Å². The Morgan fingerprint density at radius 1 is 0.840 bits per heavy atom. The molecule has 0 heterocycles. The van der Waals surface area contributed by atoms with Crippen LogP contribution in [-0.4, -0.2) is 0 Å². The van der Waals surface area contributed by atoms with Crippen molar-refractivity contribution >= 4 is 0 Å². The molecule has 0 unspecified atom stereocenters. The van der Waals surface area contributed by atoms with Gasteiger partial charge in [0.25, 0.3) is 0 Å². The summed E-state index contributed by atoms with van der Waals surface area (Å²) in [5.41, 5.74) is 2.82. The molecule has 25 heavy (non-hydrogen) atoms. The third-order valence-electron chi connectivity index (χ3n) is 5.42. The lowest BCUT2D eigenvalue weighted by Crippen LogP contribution is -2.12. The van der Waals surface area contributed by atoms with Crippen LogP contribution < -0.4 is 0 Å². The highest BCUT2D eigenvalue weighted by Crippen LogP contribution is 2.31. The highest BCUT2D eigenvalue weighted by molar-refractivity contribution is 5.21. The summed E-state index contributed by atoms with van der Waals surface area (Å²) in [5, 5.41) is 0. The van der Waals surface area contributed by atoms with Crippen molar-refractivity contribution in [2.24, 2.45) is 23.7 Å². The first kappa shape index (κ1) is 24.2. The minimum absolute atomic E-state index is 0. The van der Waals surface area contributed by atoms with Crippen LogP contribution in [-0.2, 0) is 6.42 Å². The Kier molecular flexibility index (Phi) is 13.0. The van der Waals surface area contributed by atoms with Gasteiger partial charge in [-0.25, -0.2) is 0 Å². The van der Waals surface area contributed by atoms with Crippen molar-refractivity contribution in [2.75, 3.05) is 0 Å². The van der Waals surface area contributed by atoms with E-state index in [4.69, 9.17) is 0 Å². The third kappa shape index (κ3) is 12.2. The van der Waals surface area contributed by atoms with Gasteiger partial charge >= 0.3 is 0 Å². The molecular formula is C25H46. The van der Waals surface area contributed by atoms with Crippen LogP contribution in [0.1, 0.15) is 98.1 Å². The molecule has 1 aliphatic carbocycles. The molecule has 1 aromatic carbocycles. The van der Waals surface area contributed by atoms with Gasteiger partial charge < -0.3 is 0 Å². The Bertz CT molecular complexity index is 404. The molecule has 0 saturated heterocycles. The van der Waals surface area contributed by atoms with Gasteiger partial charge in [0, 0.05) is 0 Å². The maximum atomic E-state index is 2.40. The van der Waals surface area contributed by atoms with E-state index in [1.807, 2.05) is 0 Å². The number of aryl methyl sites for hydroxylation is 2. The predicted molar refractivity (Wildman–Crippen MR) is 116 cm³/mol. The Balaban J connectivity index is 0.000000443. The zero-order chi connectivity index (χ0) is 17.9. The molecular weight excluding hydrogens is 300 g/mol. The van der Waals surface area contributed by atoms with Gasteiger partial charge in [0.15, 0.2) is 0 Å². The van der Waals surface area contributed by atoms with Crippen molar-refractivity contribution in [3.63, 3.8) is 0 Å². The van der Waals surface area contributed by atoms with Gasteiger partial charge in [-0.1, -0.05) is 110 Å². The average Bonchev–Trinajstić information content (AvgIpc) is 2.54. The van der Waals surface area contributed by atoms with Crippen molar-refractivity contribution < 1.29 is 0 Å². The molecule has 146 valence electrons. The number of benzene rings is 1. The van der Waals surface area contributed by atoms with Crippen molar-refractivity contribution in [1.82, 2.24) is 0 Å². The second-order valence-electron chi connectivity index (χ2n) is 9.02. The first-order valence-corrected chi connectivity index (χ1v) is 10.4. The molecule has 0 amide bonds. The average molecular weight is 347 g/mol. The van der Waals surface area contributed by atoms with E-state index in [0.717, 1.165) is 23.7 Å². The standard InChI is InChI=1S/C12H24.C12H18.CH4/c2*1-10(2)4-7-12-8-5-11(3)6-9-12;/h10-12H,4-9H2,1-3H3;5-6,8-10H,4,7H2,1-3H3;1H4. The number of rotatable bonds is 6. The van der Waals surface area contributed by atoms with Gasteiger partial charge in [0.1, 0.15) is 0 Å². The Morgan fingerprint density at radius 2 is 1.36 bits per heavy atom. The molecule has 0 heteroatoms. The molecule has 0 aromatic heterocycles. The molecule has 1 saturated carbocycles. The molecule has 0 aliphatic heterocycles. The van der Waals surface area contributed by atoms with Crippen LogP contribution in [0.5, 0.6) is 0 Å². The minimum Gasteiger partial charge on any atom is -0.0776 e. The van der Waals surface area contributed by atoms with E-state index < -0.39 is 0 Å². The monoisotopic (exact) mass is 346 g/mol. The summed E-state index contributed by atoms with van der Waals surface area (Å²) in [7, 11) is 0. The number of hydrogen-bond acceptors (Lipinski definition) is 0. The van der Waals surface area contributed by atoms with Gasteiger partial charge in [0.2, 0.25) is 0 Å². The van der Waals surface area contributed by atoms with Crippen molar-refractivity contribution in [1.29, 1.82) is 0 Å². The van der Waals surface area contributed by atoms with E-state index in [2.05, 4.69) is 65.8 Å². The molecule has 0 spiro atoms. The summed E-state index contributed by atoms with van der Waals surface area (Å²) >= 11 is 0. The minimum atomic E-state index is 0. The lowest BCUT2D eigenvalue weighted by Gasteiger charge is -2.26. The Labute approximate surface area is 159 Å². The van der Waals surface area contributed by atoms with E-state index in [0.29, 0.717) is 0 Å². The second-order valence-corrected chi connectivity index (χ2v) is 9.02. The second kappa shape index (κ2) is 13.4. The number of hydrogen-bond donors (Lipinski definition) is 0. The molecule has 0 bridgehead atoms. The maximum absolute atomic E-state index is 2.40.